The minimum Gasteiger partial charge on any atom is -0.481 e. The third-order valence-corrected chi connectivity index (χ3v) is 4.17. The van der Waals surface area contributed by atoms with Crippen LogP contribution in [0.3, 0.4) is 0 Å². The summed E-state index contributed by atoms with van der Waals surface area (Å²) in [5.41, 5.74) is -0.916. The Labute approximate surface area is 131 Å². The van der Waals surface area contributed by atoms with Crippen molar-refractivity contribution in [2.24, 2.45) is 0 Å². The van der Waals surface area contributed by atoms with Crippen LogP contribution in [0.25, 0.3) is 0 Å². The van der Waals surface area contributed by atoms with Crippen molar-refractivity contribution in [2.75, 3.05) is 19.7 Å². The quantitative estimate of drug-likeness (QED) is 0.789. The fourth-order valence-electron chi connectivity index (χ4n) is 2.81. The number of para-hydroxylation sites is 1. The number of urea groups is 1. The van der Waals surface area contributed by atoms with E-state index in [2.05, 4.69) is 10.6 Å². The standard InChI is InChI=1S/C15H16FN3O4/c16-10-3-1-2-4-11(10)23-9-12(20)19-7-5-15(6-8-19)13(21)17-14(22)18-15/h1-4H,5-9H2,(H2,17,18,21,22). The molecule has 3 rings (SSSR count). The fraction of sp³-hybridized carbons (Fsp3) is 0.400. The summed E-state index contributed by atoms with van der Waals surface area (Å²) in [5, 5.41) is 4.84. The number of nitrogens with one attached hydrogen (secondary N) is 2. The van der Waals surface area contributed by atoms with Gasteiger partial charge >= 0.3 is 6.03 Å². The van der Waals surface area contributed by atoms with E-state index in [4.69, 9.17) is 4.74 Å². The Bertz CT molecular complexity index is 656. The van der Waals surface area contributed by atoms with Gasteiger partial charge in [0.25, 0.3) is 11.8 Å². The number of hydrogen-bond acceptors (Lipinski definition) is 4. The fourth-order valence-corrected chi connectivity index (χ4v) is 2.81. The van der Waals surface area contributed by atoms with Crippen LogP contribution in [0.1, 0.15) is 12.8 Å². The van der Waals surface area contributed by atoms with Gasteiger partial charge in [-0.3, -0.25) is 14.9 Å². The minimum absolute atomic E-state index is 0.0248. The maximum absolute atomic E-state index is 13.4. The predicted octanol–water partition coefficient (Wildman–Crippen LogP) is 0.405. The summed E-state index contributed by atoms with van der Waals surface area (Å²) in [6.07, 6.45) is 0.687. The van der Waals surface area contributed by atoms with Crippen molar-refractivity contribution in [3.8, 4) is 5.75 Å². The molecule has 2 heterocycles. The maximum Gasteiger partial charge on any atom is 0.322 e. The first-order valence-corrected chi connectivity index (χ1v) is 7.29. The lowest BCUT2D eigenvalue weighted by Crippen LogP contribution is -2.56. The molecular weight excluding hydrogens is 305 g/mol. The normalized spacial score (nSPS) is 19.4. The zero-order valence-corrected chi connectivity index (χ0v) is 12.3. The third kappa shape index (κ3) is 2.96. The lowest BCUT2D eigenvalue weighted by Gasteiger charge is -2.36. The number of carbonyl (C=O) groups is 3. The van der Waals surface area contributed by atoms with Gasteiger partial charge in [0.15, 0.2) is 18.2 Å². The molecule has 2 N–H and O–H groups in total. The van der Waals surface area contributed by atoms with Crippen molar-refractivity contribution in [1.82, 2.24) is 15.5 Å². The number of imide groups is 1. The molecule has 0 radical (unpaired) electrons. The molecule has 0 saturated carbocycles. The van der Waals surface area contributed by atoms with Crippen LogP contribution >= 0.6 is 0 Å². The smallest absolute Gasteiger partial charge is 0.322 e. The van der Waals surface area contributed by atoms with E-state index in [1.165, 1.54) is 18.2 Å². The molecule has 0 unspecified atom stereocenters. The lowest BCUT2D eigenvalue weighted by molar-refractivity contribution is -0.137. The molecule has 23 heavy (non-hydrogen) atoms. The van der Waals surface area contributed by atoms with Gasteiger partial charge < -0.3 is 15.0 Å². The molecule has 122 valence electrons. The molecular formula is C15H16FN3O4. The van der Waals surface area contributed by atoms with E-state index < -0.39 is 17.4 Å². The van der Waals surface area contributed by atoms with E-state index in [1.807, 2.05) is 0 Å². The molecule has 1 aromatic carbocycles. The van der Waals surface area contributed by atoms with Gasteiger partial charge in [-0.05, 0) is 25.0 Å². The van der Waals surface area contributed by atoms with E-state index in [1.54, 1.807) is 11.0 Å². The van der Waals surface area contributed by atoms with Crippen molar-refractivity contribution in [1.29, 1.82) is 0 Å². The van der Waals surface area contributed by atoms with Gasteiger partial charge in [-0.25, -0.2) is 9.18 Å². The molecule has 2 fully saturated rings. The summed E-state index contributed by atoms with van der Waals surface area (Å²) in [4.78, 5) is 36.7. The molecule has 0 atom stereocenters. The lowest BCUT2D eigenvalue weighted by atomic mass is 9.88. The molecule has 0 bridgehead atoms. The van der Waals surface area contributed by atoms with Gasteiger partial charge in [0.05, 0.1) is 0 Å². The Morgan fingerprint density at radius 3 is 2.57 bits per heavy atom. The molecule has 8 heteroatoms. The SMILES string of the molecule is O=C1NC(=O)C2(CCN(C(=O)COc3ccccc3F)CC2)N1. The highest BCUT2D eigenvalue weighted by atomic mass is 19.1. The molecule has 2 aliphatic heterocycles. The zero-order chi connectivity index (χ0) is 16.4. The third-order valence-electron chi connectivity index (χ3n) is 4.17. The van der Waals surface area contributed by atoms with Crippen molar-refractivity contribution in [2.45, 2.75) is 18.4 Å². The zero-order valence-electron chi connectivity index (χ0n) is 12.3. The number of hydrogen-bond donors (Lipinski definition) is 2. The van der Waals surface area contributed by atoms with E-state index in [-0.39, 0.29) is 24.2 Å². The molecule has 0 aromatic heterocycles. The van der Waals surface area contributed by atoms with Gasteiger partial charge in [-0.1, -0.05) is 12.1 Å². The Balaban J connectivity index is 1.54. The van der Waals surface area contributed by atoms with Crippen LogP contribution in [0.4, 0.5) is 9.18 Å². The first-order valence-electron chi connectivity index (χ1n) is 7.29. The summed E-state index contributed by atoms with van der Waals surface area (Å²) in [5.74, 6) is -1.13. The number of halogens is 1. The van der Waals surface area contributed by atoms with Crippen molar-refractivity contribution < 1.29 is 23.5 Å². The van der Waals surface area contributed by atoms with Gasteiger partial charge in [0, 0.05) is 13.1 Å². The number of amides is 4. The minimum atomic E-state index is -0.916. The van der Waals surface area contributed by atoms with Crippen molar-refractivity contribution >= 4 is 17.8 Å². The summed E-state index contributed by atoms with van der Waals surface area (Å²) in [6.45, 7) is 0.382. The number of likely N-dealkylation sites (tertiary alicyclic amines) is 1. The molecule has 2 aliphatic rings. The average Bonchev–Trinajstić information content (AvgIpc) is 2.80. The molecule has 7 nitrogen and oxygen atoms in total. The highest BCUT2D eigenvalue weighted by Crippen LogP contribution is 2.25. The first kappa shape index (κ1) is 15.3. The predicted molar refractivity (Wildman–Crippen MR) is 77.1 cm³/mol. The van der Waals surface area contributed by atoms with E-state index >= 15 is 0 Å². The van der Waals surface area contributed by atoms with E-state index in [0.717, 1.165) is 0 Å². The first-order chi connectivity index (χ1) is 11.0. The van der Waals surface area contributed by atoms with Crippen LogP contribution < -0.4 is 15.4 Å². The summed E-state index contributed by atoms with van der Waals surface area (Å²) in [7, 11) is 0. The van der Waals surface area contributed by atoms with Crippen molar-refractivity contribution in [3.05, 3.63) is 30.1 Å². The number of nitrogens with zero attached hydrogens (tertiary/aromatic N) is 1. The number of benzene rings is 1. The molecule has 2 saturated heterocycles. The number of rotatable bonds is 3. The topological polar surface area (TPSA) is 87.7 Å². The van der Waals surface area contributed by atoms with E-state index in [9.17, 15) is 18.8 Å². The second kappa shape index (κ2) is 5.86. The van der Waals surface area contributed by atoms with Gasteiger partial charge in [0.2, 0.25) is 0 Å². The molecule has 1 aromatic rings. The Kier molecular flexibility index (Phi) is 3.89. The van der Waals surface area contributed by atoms with Crippen LogP contribution in [0.2, 0.25) is 0 Å². The Hall–Kier alpha value is -2.64. The van der Waals surface area contributed by atoms with Crippen LogP contribution in [0.15, 0.2) is 24.3 Å². The van der Waals surface area contributed by atoms with Crippen LogP contribution in [0, 0.1) is 5.82 Å². The highest BCUT2D eigenvalue weighted by molar-refractivity contribution is 6.07. The second-order valence-electron chi connectivity index (χ2n) is 5.59. The average molecular weight is 321 g/mol. The summed E-state index contributed by atoms with van der Waals surface area (Å²) >= 11 is 0. The van der Waals surface area contributed by atoms with Gasteiger partial charge in [0.1, 0.15) is 5.54 Å². The number of ether oxygens (including phenoxy) is 1. The largest absolute Gasteiger partial charge is 0.481 e. The van der Waals surface area contributed by atoms with Gasteiger partial charge in [-0.2, -0.15) is 0 Å². The Morgan fingerprint density at radius 1 is 1.26 bits per heavy atom. The van der Waals surface area contributed by atoms with Gasteiger partial charge in [-0.15, -0.1) is 0 Å². The van der Waals surface area contributed by atoms with Crippen molar-refractivity contribution in [3.63, 3.8) is 0 Å². The van der Waals surface area contributed by atoms with Crippen LogP contribution in [-0.4, -0.2) is 48.0 Å². The van der Waals surface area contributed by atoms with E-state index in [0.29, 0.717) is 25.9 Å². The van der Waals surface area contributed by atoms with Crippen LogP contribution in [-0.2, 0) is 9.59 Å². The molecule has 1 spiro atoms. The second-order valence-corrected chi connectivity index (χ2v) is 5.59. The molecule has 0 aliphatic carbocycles. The summed E-state index contributed by atoms with van der Waals surface area (Å²) in [6, 6.07) is 5.36. The number of piperidine rings is 1. The highest BCUT2D eigenvalue weighted by Gasteiger charge is 2.48. The monoisotopic (exact) mass is 321 g/mol. The molecule has 4 amide bonds. The van der Waals surface area contributed by atoms with Crippen LogP contribution in [0.5, 0.6) is 5.75 Å². The maximum atomic E-state index is 13.4. The Morgan fingerprint density at radius 2 is 1.96 bits per heavy atom. The number of carbonyl (C=O) groups excluding carboxylic acids is 3. The summed E-state index contributed by atoms with van der Waals surface area (Å²) < 4.78 is 18.6.